The van der Waals surface area contributed by atoms with Crippen LogP contribution in [0.1, 0.15) is 51.9 Å². The van der Waals surface area contributed by atoms with Gasteiger partial charge < -0.3 is 0 Å². The van der Waals surface area contributed by atoms with Crippen LogP contribution < -0.4 is 0 Å². The Morgan fingerprint density at radius 1 is 1.08 bits per heavy atom. The maximum Gasteiger partial charge on any atom is 0.242 e. The van der Waals surface area contributed by atoms with Gasteiger partial charge in [0.15, 0.2) is 0 Å². The summed E-state index contributed by atoms with van der Waals surface area (Å²) in [5.74, 6) is 0. The normalized spacial score (nSPS) is 13.8. The molecule has 0 spiro atoms. The molecule has 0 saturated heterocycles. The monoisotopic (exact) mass is 199 g/mol. The number of rotatable bonds is 8. The Labute approximate surface area is 84.6 Å². The van der Waals surface area contributed by atoms with Crippen LogP contribution >= 0.6 is 0 Å². The highest BCUT2D eigenvalue weighted by Gasteiger charge is 1.91. The lowest BCUT2D eigenvalue weighted by atomic mass is 10.1. The molecule has 1 atom stereocenters. The molecule has 0 fully saturated rings. The highest BCUT2D eigenvalue weighted by atomic mass is 28.3. The third-order valence-electron chi connectivity index (χ3n) is 2.13. The SMILES string of the molecule is CCCCCCCCC=C[SiH](C)[O]. The van der Waals surface area contributed by atoms with Crippen molar-refractivity contribution in [2.45, 2.75) is 58.4 Å². The molecule has 77 valence electrons. The molecule has 0 aliphatic carbocycles. The minimum Gasteiger partial charge on any atom is -0.297 e. The van der Waals surface area contributed by atoms with Crippen LogP contribution in [0.2, 0.25) is 6.55 Å². The van der Waals surface area contributed by atoms with Gasteiger partial charge in [-0.15, -0.1) is 0 Å². The summed E-state index contributed by atoms with van der Waals surface area (Å²) >= 11 is 0. The van der Waals surface area contributed by atoms with Crippen LogP contribution in [0.4, 0.5) is 0 Å². The smallest absolute Gasteiger partial charge is 0.242 e. The van der Waals surface area contributed by atoms with E-state index in [1.54, 1.807) is 0 Å². The fraction of sp³-hybridized carbons (Fsp3) is 0.818. The zero-order valence-electron chi connectivity index (χ0n) is 9.09. The van der Waals surface area contributed by atoms with Gasteiger partial charge in [-0.1, -0.05) is 50.8 Å². The first-order valence-electron chi connectivity index (χ1n) is 5.60. The van der Waals surface area contributed by atoms with Crippen molar-refractivity contribution in [3.63, 3.8) is 0 Å². The van der Waals surface area contributed by atoms with Gasteiger partial charge in [0.2, 0.25) is 9.04 Å². The molecule has 0 aliphatic rings. The van der Waals surface area contributed by atoms with Crippen molar-refractivity contribution in [3.05, 3.63) is 11.8 Å². The van der Waals surface area contributed by atoms with Crippen molar-refractivity contribution < 1.29 is 4.80 Å². The zero-order chi connectivity index (χ0) is 9.94. The predicted octanol–water partition coefficient (Wildman–Crippen LogP) is 3.62. The van der Waals surface area contributed by atoms with Gasteiger partial charge in [0.05, 0.1) is 0 Å². The molecule has 0 aromatic rings. The molecule has 1 radical (unpaired) electrons. The summed E-state index contributed by atoms with van der Waals surface area (Å²) in [5.41, 5.74) is 1.89. The van der Waals surface area contributed by atoms with Crippen LogP contribution in [-0.4, -0.2) is 9.04 Å². The molecular formula is C11H23OSi. The fourth-order valence-corrected chi connectivity index (χ4v) is 1.91. The van der Waals surface area contributed by atoms with Gasteiger partial charge in [0, 0.05) is 0 Å². The Kier molecular flexibility index (Phi) is 9.94. The molecule has 2 heteroatoms. The standard InChI is InChI=1S/C11H23OSi/c1-3-4-5-6-7-8-9-10-11-13(2)12/h10-11,13H,3-9H2,1-2H3. The molecule has 0 aromatic carbocycles. The Bertz CT molecular complexity index is 121. The van der Waals surface area contributed by atoms with Gasteiger partial charge in [0.1, 0.15) is 0 Å². The maximum atomic E-state index is 10.8. The van der Waals surface area contributed by atoms with E-state index in [0.717, 1.165) is 6.42 Å². The first-order chi connectivity index (χ1) is 6.27. The second kappa shape index (κ2) is 10.0. The Balaban J connectivity index is 2.99. The van der Waals surface area contributed by atoms with E-state index in [1.807, 2.05) is 12.2 Å². The molecule has 13 heavy (non-hydrogen) atoms. The summed E-state index contributed by atoms with van der Waals surface area (Å²) in [6, 6.07) is 0. The lowest BCUT2D eigenvalue weighted by Gasteiger charge is -1.97. The average Bonchev–Trinajstić information content (AvgIpc) is 2.09. The average molecular weight is 199 g/mol. The van der Waals surface area contributed by atoms with E-state index < -0.39 is 9.04 Å². The van der Waals surface area contributed by atoms with E-state index in [0.29, 0.717) is 0 Å². The van der Waals surface area contributed by atoms with Gasteiger partial charge in [-0.2, -0.15) is 0 Å². The molecule has 0 saturated carbocycles. The van der Waals surface area contributed by atoms with Crippen molar-refractivity contribution in [2.24, 2.45) is 0 Å². The van der Waals surface area contributed by atoms with E-state index in [9.17, 15) is 4.80 Å². The van der Waals surface area contributed by atoms with E-state index in [-0.39, 0.29) is 0 Å². The number of allylic oxidation sites excluding steroid dienone is 1. The van der Waals surface area contributed by atoms with E-state index in [4.69, 9.17) is 0 Å². The first kappa shape index (κ1) is 12.9. The third kappa shape index (κ3) is 11.9. The summed E-state index contributed by atoms with van der Waals surface area (Å²) in [4.78, 5) is 10.8. The molecule has 0 bridgehead atoms. The Morgan fingerprint density at radius 3 is 2.31 bits per heavy atom. The molecule has 0 amide bonds. The van der Waals surface area contributed by atoms with Crippen molar-refractivity contribution in [3.8, 4) is 0 Å². The molecule has 1 nitrogen and oxygen atoms in total. The highest BCUT2D eigenvalue weighted by molar-refractivity contribution is 6.54. The lowest BCUT2D eigenvalue weighted by Crippen LogP contribution is -1.96. The first-order valence-corrected chi connectivity index (χ1v) is 7.89. The lowest BCUT2D eigenvalue weighted by molar-refractivity contribution is 0.464. The highest BCUT2D eigenvalue weighted by Crippen LogP contribution is 2.07. The molecule has 0 heterocycles. The molecule has 0 rings (SSSR count). The van der Waals surface area contributed by atoms with E-state index in [1.165, 1.54) is 38.5 Å². The second-order valence-electron chi connectivity index (χ2n) is 3.69. The zero-order valence-corrected chi connectivity index (χ0v) is 10.2. The molecule has 0 aromatic heterocycles. The maximum absolute atomic E-state index is 10.8. The summed E-state index contributed by atoms with van der Waals surface area (Å²) in [6.45, 7) is 4.06. The largest absolute Gasteiger partial charge is 0.297 e. The molecular weight excluding hydrogens is 176 g/mol. The number of hydrogen-bond donors (Lipinski definition) is 0. The van der Waals surface area contributed by atoms with Gasteiger partial charge in [-0.25, -0.2) is 0 Å². The van der Waals surface area contributed by atoms with Gasteiger partial charge >= 0.3 is 0 Å². The molecule has 0 aliphatic heterocycles. The minimum atomic E-state index is -1.67. The fourth-order valence-electron chi connectivity index (χ4n) is 1.33. The number of hydrogen-bond acceptors (Lipinski definition) is 0. The van der Waals surface area contributed by atoms with Crippen molar-refractivity contribution in [1.82, 2.24) is 0 Å². The van der Waals surface area contributed by atoms with Gasteiger partial charge in [-0.05, 0) is 19.4 Å². The Morgan fingerprint density at radius 2 is 1.69 bits per heavy atom. The topological polar surface area (TPSA) is 19.9 Å². The van der Waals surface area contributed by atoms with Crippen LogP contribution in [-0.2, 0) is 4.80 Å². The molecule has 1 unspecified atom stereocenters. The van der Waals surface area contributed by atoms with Crippen molar-refractivity contribution in [1.29, 1.82) is 0 Å². The third-order valence-corrected chi connectivity index (χ3v) is 2.95. The van der Waals surface area contributed by atoms with Crippen LogP contribution in [0.3, 0.4) is 0 Å². The summed E-state index contributed by atoms with van der Waals surface area (Å²) < 4.78 is 0. The van der Waals surface area contributed by atoms with E-state index >= 15 is 0 Å². The Hall–Kier alpha value is -0.0831. The summed E-state index contributed by atoms with van der Waals surface area (Å²) in [7, 11) is -1.67. The van der Waals surface area contributed by atoms with Crippen LogP contribution in [0, 0.1) is 0 Å². The predicted molar refractivity (Wildman–Crippen MR) is 60.8 cm³/mol. The minimum absolute atomic E-state index is 1.12. The summed E-state index contributed by atoms with van der Waals surface area (Å²) in [6.07, 6.45) is 11.2. The van der Waals surface area contributed by atoms with Crippen LogP contribution in [0.5, 0.6) is 0 Å². The quantitative estimate of drug-likeness (QED) is 0.420. The second-order valence-corrected chi connectivity index (χ2v) is 5.48. The van der Waals surface area contributed by atoms with Crippen molar-refractivity contribution >= 4 is 9.04 Å². The van der Waals surface area contributed by atoms with Crippen LogP contribution in [0.15, 0.2) is 11.8 Å². The molecule has 0 N–H and O–H groups in total. The van der Waals surface area contributed by atoms with Crippen molar-refractivity contribution in [2.75, 3.05) is 0 Å². The summed E-state index contributed by atoms with van der Waals surface area (Å²) in [5, 5.41) is 0. The van der Waals surface area contributed by atoms with Gasteiger partial charge in [-0.3, -0.25) is 4.80 Å². The number of unbranched alkanes of at least 4 members (excludes halogenated alkanes) is 6. The van der Waals surface area contributed by atoms with Gasteiger partial charge in [0.25, 0.3) is 0 Å². The van der Waals surface area contributed by atoms with Crippen LogP contribution in [0.25, 0.3) is 0 Å². The van der Waals surface area contributed by atoms with E-state index in [2.05, 4.69) is 13.0 Å².